The van der Waals surface area contributed by atoms with Gasteiger partial charge >= 0.3 is 0 Å². The predicted octanol–water partition coefficient (Wildman–Crippen LogP) is 19.7. The Balaban J connectivity index is 1.21. The van der Waals surface area contributed by atoms with Crippen LogP contribution in [0, 0.1) is 0 Å². The van der Waals surface area contributed by atoms with Crippen LogP contribution >= 0.6 is 0 Å². The number of aromatic nitrogens is 1. The van der Waals surface area contributed by atoms with Crippen molar-refractivity contribution in [2.45, 2.75) is 105 Å². The highest BCUT2D eigenvalue weighted by Gasteiger charge is 2.27. The maximum Gasteiger partial charge on any atom is 0.0541 e. The molecular weight excluding hydrogens is 845 g/mol. The van der Waals surface area contributed by atoms with Gasteiger partial charge in [-0.2, -0.15) is 0 Å². The van der Waals surface area contributed by atoms with Crippen LogP contribution in [0.3, 0.4) is 0 Å². The number of fused-ring (bicyclic) bond motifs is 3. The Bertz CT molecular complexity index is 3620. The summed E-state index contributed by atoms with van der Waals surface area (Å²) in [6, 6.07) is 69.6. The van der Waals surface area contributed by atoms with E-state index in [0.717, 1.165) is 17.1 Å². The summed E-state index contributed by atoms with van der Waals surface area (Å²) in [6.07, 6.45) is 0. The summed E-state index contributed by atoms with van der Waals surface area (Å²) >= 11 is 0. The van der Waals surface area contributed by atoms with Crippen LogP contribution in [0.15, 0.2) is 182 Å². The maximum absolute atomic E-state index is 2.57. The van der Waals surface area contributed by atoms with E-state index >= 15 is 0 Å². The number of hydrogen-bond acceptors (Lipinski definition) is 1. The summed E-state index contributed by atoms with van der Waals surface area (Å²) in [7, 11) is 0. The highest BCUT2D eigenvalue weighted by atomic mass is 15.1. The lowest BCUT2D eigenvalue weighted by Gasteiger charge is -2.32. The molecule has 0 spiro atoms. The Morgan fingerprint density at radius 3 is 1.21 bits per heavy atom. The first kappa shape index (κ1) is 45.3. The van der Waals surface area contributed by atoms with Crippen molar-refractivity contribution in [3.05, 3.63) is 204 Å². The quantitative estimate of drug-likeness (QED) is 0.151. The van der Waals surface area contributed by atoms with Gasteiger partial charge in [0.25, 0.3) is 0 Å². The van der Waals surface area contributed by atoms with Gasteiger partial charge in [0.05, 0.1) is 22.4 Å². The Morgan fingerprint density at radius 2 is 0.729 bits per heavy atom. The van der Waals surface area contributed by atoms with Crippen LogP contribution in [-0.4, -0.2) is 4.57 Å². The number of anilines is 3. The molecule has 0 atom stereocenters. The lowest BCUT2D eigenvalue weighted by molar-refractivity contribution is 0.569. The number of benzene rings is 10. The minimum absolute atomic E-state index is 0.0548. The molecule has 0 fully saturated rings. The van der Waals surface area contributed by atoms with Gasteiger partial charge in [-0.05, 0) is 142 Å². The molecule has 0 aliphatic rings. The molecule has 2 nitrogen and oxygen atoms in total. The first-order chi connectivity index (χ1) is 33.2. The molecule has 1 aromatic heterocycles. The molecule has 0 aliphatic carbocycles. The van der Waals surface area contributed by atoms with Crippen molar-refractivity contribution >= 4 is 71.2 Å². The molecule has 10 aromatic carbocycles. The van der Waals surface area contributed by atoms with Crippen molar-refractivity contribution in [2.75, 3.05) is 4.90 Å². The summed E-state index contributed by atoms with van der Waals surface area (Å²) in [6.45, 7) is 27.8. The van der Waals surface area contributed by atoms with Gasteiger partial charge in [-0.25, -0.2) is 0 Å². The van der Waals surface area contributed by atoms with Crippen molar-refractivity contribution < 1.29 is 0 Å². The van der Waals surface area contributed by atoms with E-state index in [4.69, 9.17) is 0 Å². The van der Waals surface area contributed by atoms with Crippen LogP contribution < -0.4 is 4.90 Å². The predicted molar refractivity (Wildman–Crippen MR) is 305 cm³/mol. The molecule has 0 aliphatic heterocycles. The molecule has 11 rings (SSSR count). The van der Waals surface area contributed by atoms with Crippen molar-refractivity contribution in [3.8, 4) is 27.9 Å². The maximum atomic E-state index is 2.57. The summed E-state index contributed by atoms with van der Waals surface area (Å²) in [5.41, 5.74) is 17.1. The Labute approximate surface area is 415 Å². The van der Waals surface area contributed by atoms with Crippen LogP contribution in [0.2, 0.25) is 0 Å². The van der Waals surface area contributed by atoms with Crippen molar-refractivity contribution in [1.82, 2.24) is 4.57 Å². The van der Waals surface area contributed by atoms with E-state index in [1.54, 1.807) is 0 Å². The third-order valence-corrected chi connectivity index (χ3v) is 14.9. The SMILES string of the molecule is CC(C)(C)c1ccc(-c2cc(-c3ccc(C(C)(C)C)cc3)cc(N(c3cc(C(C)(C)C)cc(C(C)(C)C)c3)c3ccc4ccc5c(-n6c7ccccc7c7ccccc76)ccc6ccc3c4c65)c2)cc1. The van der Waals surface area contributed by atoms with E-state index in [0.29, 0.717) is 0 Å². The molecular formula is C68H66N2. The molecule has 0 unspecified atom stereocenters. The summed E-state index contributed by atoms with van der Waals surface area (Å²) < 4.78 is 2.48. The minimum atomic E-state index is -0.0792. The lowest BCUT2D eigenvalue weighted by Crippen LogP contribution is -2.19. The minimum Gasteiger partial charge on any atom is -0.310 e. The van der Waals surface area contributed by atoms with Crippen LogP contribution in [0.25, 0.3) is 82.1 Å². The second-order valence-electron chi connectivity index (χ2n) is 24.0. The van der Waals surface area contributed by atoms with Gasteiger partial charge < -0.3 is 9.47 Å². The zero-order valence-electron chi connectivity index (χ0n) is 43.2. The third-order valence-electron chi connectivity index (χ3n) is 14.9. The number of hydrogen-bond donors (Lipinski definition) is 0. The van der Waals surface area contributed by atoms with Crippen LogP contribution in [0.5, 0.6) is 0 Å². The Hall–Kier alpha value is -7.16. The number of rotatable bonds is 6. The first-order valence-corrected chi connectivity index (χ1v) is 25.2. The van der Waals surface area contributed by atoms with Gasteiger partial charge in [-0.15, -0.1) is 0 Å². The Morgan fingerprint density at radius 1 is 0.314 bits per heavy atom. The van der Waals surface area contributed by atoms with Gasteiger partial charge in [-0.3, -0.25) is 0 Å². The third kappa shape index (κ3) is 7.83. The summed E-state index contributed by atoms with van der Waals surface area (Å²) in [5, 5.41) is 10.1. The average Bonchev–Trinajstić information content (AvgIpc) is 3.66. The van der Waals surface area contributed by atoms with E-state index in [2.05, 4.69) is 275 Å². The fraction of sp³-hybridized carbons (Fsp3) is 0.235. The summed E-state index contributed by atoms with van der Waals surface area (Å²) in [5.74, 6) is 0. The molecule has 0 amide bonds. The fourth-order valence-corrected chi connectivity index (χ4v) is 10.8. The van der Waals surface area contributed by atoms with Crippen molar-refractivity contribution in [3.63, 3.8) is 0 Å². The van der Waals surface area contributed by atoms with E-state index in [9.17, 15) is 0 Å². The second-order valence-corrected chi connectivity index (χ2v) is 24.0. The normalized spacial score (nSPS) is 12.9. The number of nitrogens with zero attached hydrogens (tertiary/aromatic N) is 2. The molecule has 11 aromatic rings. The van der Waals surface area contributed by atoms with E-state index in [-0.39, 0.29) is 21.7 Å². The van der Waals surface area contributed by atoms with Crippen molar-refractivity contribution in [2.24, 2.45) is 0 Å². The van der Waals surface area contributed by atoms with Crippen LogP contribution in [0.4, 0.5) is 17.1 Å². The van der Waals surface area contributed by atoms with Gasteiger partial charge in [0.2, 0.25) is 0 Å². The molecule has 0 N–H and O–H groups in total. The highest BCUT2D eigenvalue weighted by Crippen LogP contribution is 2.48. The van der Waals surface area contributed by atoms with Gasteiger partial charge in [0, 0.05) is 32.9 Å². The molecule has 348 valence electrons. The molecule has 0 saturated carbocycles. The second kappa shape index (κ2) is 16.2. The molecule has 70 heavy (non-hydrogen) atoms. The van der Waals surface area contributed by atoms with E-state index < -0.39 is 0 Å². The van der Waals surface area contributed by atoms with Crippen molar-refractivity contribution in [1.29, 1.82) is 0 Å². The first-order valence-electron chi connectivity index (χ1n) is 25.2. The van der Waals surface area contributed by atoms with Gasteiger partial charge in [0.15, 0.2) is 0 Å². The van der Waals surface area contributed by atoms with Gasteiger partial charge in [-0.1, -0.05) is 210 Å². The summed E-state index contributed by atoms with van der Waals surface area (Å²) in [4.78, 5) is 2.57. The standard InChI is InChI=1S/C68H66N2/c1-65(2,3)49-29-21-43(22-30-49)47-37-48(44-23-31-50(32-24-44)66(4,5)6)39-53(38-47)69(54-41-51(67(7,8)9)40-52(42-54)68(10,11)12)61-35-27-45-26-34-58-62(36-28-46-25-33-57(61)63(45)64(46)58)70-59-19-15-13-17-55(59)56-18-14-16-20-60(56)70/h13-42H,1-12H3. The zero-order valence-corrected chi connectivity index (χ0v) is 43.2. The largest absolute Gasteiger partial charge is 0.310 e. The van der Waals surface area contributed by atoms with E-state index in [1.165, 1.54) is 104 Å². The molecule has 0 radical (unpaired) electrons. The fourth-order valence-electron chi connectivity index (χ4n) is 10.8. The Kier molecular flexibility index (Phi) is 10.5. The average molecular weight is 911 g/mol. The molecule has 0 bridgehead atoms. The monoisotopic (exact) mass is 911 g/mol. The molecule has 2 heteroatoms. The smallest absolute Gasteiger partial charge is 0.0541 e. The van der Waals surface area contributed by atoms with Crippen LogP contribution in [-0.2, 0) is 21.7 Å². The zero-order chi connectivity index (χ0) is 49.1. The van der Waals surface area contributed by atoms with Crippen LogP contribution in [0.1, 0.15) is 105 Å². The topological polar surface area (TPSA) is 8.17 Å². The number of para-hydroxylation sites is 2. The van der Waals surface area contributed by atoms with E-state index in [1.807, 2.05) is 0 Å². The molecule has 1 heterocycles. The highest BCUT2D eigenvalue weighted by molar-refractivity contribution is 6.27. The van der Waals surface area contributed by atoms with Gasteiger partial charge in [0.1, 0.15) is 0 Å². The lowest BCUT2D eigenvalue weighted by atomic mass is 9.80. The molecule has 0 saturated heterocycles.